The number of aromatic amines is 1. The Balaban J connectivity index is 2.71. The van der Waals surface area contributed by atoms with Crippen LogP contribution >= 0.6 is 0 Å². The lowest BCUT2D eigenvalue weighted by atomic mass is 10.1. The van der Waals surface area contributed by atoms with E-state index in [1.807, 2.05) is 0 Å². The Morgan fingerprint density at radius 1 is 1.75 bits per heavy atom. The Bertz CT molecular complexity index is 278. The molecule has 0 fully saturated rings. The van der Waals surface area contributed by atoms with Crippen molar-refractivity contribution in [2.75, 3.05) is 0 Å². The highest BCUT2D eigenvalue weighted by atomic mass is 16.4. The first-order valence-corrected chi connectivity index (χ1v) is 3.86. The number of H-pyrrole nitrogens is 1. The molecule has 0 saturated heterocycles. The first kappa shape index (κ1) is 8.77. The molecule has 0 aromatic carbocycles. The van der Waals surface area contributed by atoms with Crippen LogP contribution in [0.15, 0.2) is 6.20 Å². The van der Waals surface area contributed by atoms with E-state index in [1.54, 1.807) is 0 Å². The molecule has 4 nitrogen and oxygen atoms in total. The molecule has 12 heavy (non-hydrogen) atoms. The number of hydrogen-bond acceptors (Lipinski definition) is 2. The highest BCUT2D eigenvalue weighted by molar-refractivity contribution is 5.84. The Hall–Kier alpha value is -1.32. The lowest BCUT2D eigenvalue weighted by Gasteiger charge is -1.98. The van der Waals surface area contributed by atoms with Crippen LogP contribution in [0.5, 0.6) is 0 Å². The van der Waals surface area contributed by atoms with Crippen molar-refractivity contribution in [1.29, 1.82) is 0 Å². The number of aromatic carboxylic acids is 1. The van der Waals surface area contributed by atoms with E-state index in [0.717, 1.165) is 12.2 Å². The van der Waals surface area contributed by atoms with Crippen LogP contribution in [0.25, 0.3) is 0 Å². The smallest absolute Gasteiger partial charge is 0.353 e. The van der Waals surface area contributed by atoms with Gasteiger partial charge in [0.05, 0.1) is 6.20 Å². The van der Waals surface area contributed by atoms with Gasteiger partial charge in [0, 0.05) is 6.42 Å². The third-order valence-electron chi connectivity index (χ3n) is 1.46. The minimum atomic E-state index is -0.961. The van der Waals surface area contributed by atoms with Crippen molar-refractivity contribution in [1.82, 2.24) is 9.97 Å². The predicted molar refractivity (Wildman–Crippen MR) is 44.1 cm³/mol. The highest BCUT2D eigenvalue weighted by Crippen LogP contribution is 2.04. The van der Waals surface area contributed by atoms with Gasteiger partial charge in [-0.25, -0.2) is 9.78 Å². The number of hydrogen-bond donors (Lipinski definition) is 2. The molecule has 66 valence electrons. The lowest BCUT2D eigenvalue weighted by molar-refractivity contribution is 0.0691. The van der Waals surface area contributed by atoms with Crippen molar-refractivity contribution in [3.63, 3.8) is 0 Å². The van der Waals surface area contributed by atoms with Gasteiger partial charge in [0.1, 0.15) is 11.5 Å². The summed E-state index contributed by atoms with van der Waals surface area (Å²) in [4.78, 5) is 17.1. The summed E-state index contributed by atoms with van der Waals surface area (Å²) in [5.74, 6) is 0.262. The predicted octanol–water partition coefficient (Wildman–Crippen LogP) is 1.31. The number of carbonyl (C=O) groups is 1. The minimum Gasteiger partial charge on any atom is -0.477 e. The van der Waals surface area contributed by atoms with Gasteiger partial charge < -0.3 is 10.1 Å². The van der Waals surface area contributed by atoms with E-state index in [9.17, 15) is 4.79 Å². The fourth-order valence-corrected chi connectivity index (χ4v) is 0.962. The molecule has 0 aliphatic carbocycles. The zero-order valence-electron chi connectivity index (χ0n) is 7.16. The Labute approximate surface area is 70.6 Å². The fourth-order valence-electron chi connectivity index (χ4n) is 0.962. The maximum absolute atomic E-state index is 10.4. The zero-order valence-corrected chi connectivity index (χ0v) is 7.16. The van der Waals surface area contributed by atoms with Crippen LogP contribution in [0.1, 0.15) is 30.2 Å². The quantitative estimate of drug-likeness (QED) is 0.715. The molecule has 0 aliphatic rings. The molecular formula is C8H12N2O2. The highest BCUT2D eigenvalue weighted by Gasteiger charge is 2.07. The summed E-state index contributed by atoms with van der Waals surface area (Å²) < 4.78 is 0. The first-order valence-electron chi connectivity index (χ1n) is 3.86. The molecule has 4 heteroatoms. The average Bonchev–Trinajstić information content (AvgIpc) is 2.34. The van der Waals surface area contributed by atoms with Gasteiger partial charge in [-0.15, -0.1) is 0 Å². The van der Waals surface area contributed by atoms with E-state index in [1.165, 1.54) is 6.20 Å². The number of carboxylic acids is 1. The monoisotopic (exact) mass is 168 g/mol. The van der Waals surface area contributed by atoms with Crippen LogP contribution in [0.3, 0.4) is 0 Å². The summed E-state index contributed by atoms with van der Waals surface area (Å²) in [5, 5.41) is 8.56. The Kier molecular flexibility index (Phi) is 2.47. The van der Waals surface area contributed by atoms with Gasteiger partial charge in [0.2, 0.25) is 0 Å². The maximum Gasteiger partial charge on any atom is 0.353 e. The van der Waals surface area contributed by atoms with Crippen molar-refractivity contribution < 1.29 is 9.90 Å². The molecule has 0 saturated carbocycles. The first-order chi connectivity index (χ1) is 5.59. The number of aromatic nitrogens is 2. The third kappa shape index (κ3) is 2.08. The van der Waals surface area contributed by atoms with E-state index >= 15 is 0 Å². The van der Waals surface area contributed by atoms with Crippen LogP contribution in [0, 0.1) is 5.92 Å². The van der Waals surface area contributed by atoms with Gasteiger partial charge >= 0.3 is 5.97 Å². The summed E-state index contributed by atoms with van der Waals surface area (Å²) in [6.45, 7) is 4.12. The number of carboxylic acid groups (broad SMARTS) is 1. The van der Waals surface area contributed by atoms with Crippen LogP contribution in [-0.2, 0) is 6.42 Å². The van der Waals surface area contributed by atoms with Crippen molar-refractivity contribution in [2.45, 2.75) is 20.3 Å². The van der Waals surface area contributed by atoms with E-state index in [0.29, 0.717) is 5.92 Å². The molecule has 0 aliphatic heterocycles. The van der Waals surface area contributed by atoms with Crippen LogP contribution in [0.2, 0.25) is 0 Å². The Morgan fingerprint density at radius 3 is 2.83 bits per heavy atom. The van der Waals surface area contributed by atoms with Crippen molar-refractivity contribution >= 4 is 5.97 Å². The van der Waals surface area contributed by atoms with Gasteiger partial charge in [-0.2, -0.15) is 0 Å². The summed E-state index contributed by atoms with van der Waals surface area (Å²) in [5.41, 5.74) is 0.158. The maximum atomic E-state index is 10.4. The molecule has 1 aromatic heterocycles. The molecule has 1 aromatic rings. The molecule has 0 amide bonds. The molecule has 1 rings (SSSR count). The number of nitrogens with zero attached hydrogens (tertiary/aromatic N) is 1. The van der Waals surface area contributed by atoms with Gasteiger partial charge in [0.15, 0.2) is 0 Å². The molecule has 0 bridgehead atoms. The van der Waals surface area contributed by atoms with Crippen molar-refractivity contribution in [2.24, 2.45) is 5.92 Å². The second-order valence-electron chi connectivity index (χ2n) is 3.15. The van der Waals surface area contributed by atoms with Crippen LogP contribution in [0.4, 0.5) is 0 Å². The molecule has 0 spiro atoms. The van der Waals surface area contributed by atoms with Crippen molar-refractivity contribution in [3.05, 3.63) is 17.7 Å². The molecule has 0 unspecified atom stereocenters. The largest absolute Gasteiger partial charge is 0.477 e. The van der Waals surface area contributed by atoms with Crippen molar-refractivity contribution in [3.8, 4) is 0 Å². The van der Waals surface area contributed by atoms with E-state index in [4.69, 9.17) is 5.11 Å². The van der Waals surface area contributed by atoms with E-state index in [2.05, 4.69) is 23.8 Å². The number of imidazole rings is 1. The second-order valence-corrected chi connectivity index (χ2v) is 3.15. The molecule has 2 N–H and O–H groups in total. The molecular weight excluding hydrogens is 156 g/mol. The zero-order chi connectivity index (χ0) is 9.14. The SMILES string of the molecule is CC(C)Cc1ncc(C(=O)O)[nH]1. The third-order valence-corrected chi connectivity index (χ3v) is 1.46. The van der Waals surface area contributed by atoms with E-state index in [-0.39, 0.29) is 5.69 Å². The summed E-state index contributed by atoms with van der Waals surface area (Å²) in [6, 6.07) is 0. The summed E-state index contributed by atoms with van der Waals surface area (Å²) in [7, 11) is 0. The standard InChI is InChI=1S/C8H12N2O2/c1-5(2)3-7-9-4-6(10-7)8(11)12/h4-5H,3H2,1-2H3,(H,9,10)(H,11,12). The fraction of sp³-hybridized carbons (Fsp3) is 0.500. The van der Waals surface area contributed by atoms with Crippen LogP contribution < -0.4 is 0 Å². The lowest BCUT2D eigenvalue weighted by Crippen LogP contribution is -1.99. The van der Waals surface area contributed by atoms with Gasteiger partial charge in [-0.3, -0.25) is 0 Å². The van der Waals surface area contributed by atoms with Crippen LogP contribution in [-0.4, -0.2) is 21.0 Å². The van der Waals surface area contributed by atoms with Gasteiger partial charge in [-0.05, 0) is 5.92 Å². The summed E-state index contributed by atoms with van der Waals surface area (Å²) >= 11 is 0. The normalized spacial score (nSPS) is 10.6. The number of rotatable bonds is 3. The Morgan fingerprint density at radius 2 is 2.42 bits per heavy atom. The number of nitrogens with one attached hydrogen (secondary N) is 1. The van der Waals surface area contributed by atoms with Gasteiger partial charge in [-0.1, -0.05) is 13.8 Å². The average molecular weight is 168 g/mol. The minimum absolute atomic E-state index is 0.158. The second kappa shape index (κ2) is 3.38. The topological polar surface area (TPSA) is 66.0 Å². The molecule has 0 radical (unpaired) electrons. The van der Waals surface area contributed by atoms with E-state index < -0.39 is 5.97 Å². The molecule has 0 atom stereocenters. The van der Waals surface area contributed by atoms with Gasteiger partial charge in [0.25, 0.3) is 0 Å². The molecule has 1 heterocycles. The summed E-state index contributed by atoms with van der Waals surface area (Å²) in [6.07, 6.45) is 2.13.